The summed E-state index contributed by atoms with van der Waals surface area (Å²) in [6.07, 6.45) is 0. The van der Waals surface area contributed by atoms with Crippen molar-refractivity contribution >= 4 is 0 Å². The van der Waals surface area contributed by atoms with Crippen molar-refractivity contribution in [2.75, 3.05) is 0 Å². The third kappa shape index (κ3) is 3.40. The van der Waals surface area contributed by atoms with Gasteiger partial charge in [0.05, 0.1) is 0 Å². The van der Waals surface area contributed by atoms with Crippen molar-refractivity contribution in [2.24, 2.45) is 5.73 Å². The number of rotatable bonds is 5. The summed E-state index contributed by atoms with van der Waals surface area (Å²) in [4.78, 5) is 0. The van der Waals surface area contributed by atoms with Crippen LogP contribution in [0.3, 0.4) is 0 Å². The van der Waals surface area contributed by atoms with Gasteiger partial charge in [-0.2, -0.15) is 0 Å². The van der Waals surface area contributed by atoms with Crippen LogP contribution in [0.2, 0.25) is 0 Å². The number of hydrogen-bond acceptors (Lipinski definition) is 2. The van der Waals surface area contributed by atoms with Gasteiger partial charge in [-0.1, -0.05) is 44.2 Å². The van der Waals surface area contributed by atoms with Crippen molar-refractivity contribution in [1.82, 2.24) is 0 Å². The molecule has 0 saturated heterocycles. The molecule has 0 amide bonds. The fraction of sp³-hybridized carbons (Fsp3) is 0.333. The van der Waals surface area contributed by atoms with E-state index in [4.69, 9.17) is 10.5 Å². The van der Waals surface area contributed by atoms with Gasteiger partial charge in [0.25, 0.3) is 0 Å². The molecule has 0 spiro atoms. The van der Waals surface area contributed by atoms with Crippen LogP contribution in [0.4, 0.5) is 0 Å². The maximum Gasteiger partial charge on any atom is 0.120 e. The first kappa shape index (κ1) is 14.6. The predicted molar refractivity (Wildman–Crippen MR) is 83.9 cm³/mol. The zero-order chi connectivity index (χ0) is 14.5. The Morgan fingerprint density at radius 3 is 2.35 bits per heavy atom. The Hall–Kier alpha value is -1.80. The van der Waals surface area contributed by atoms with E-state index in [1.807, 2.05) is 24.3 Å². The van der Waals surface area contributed by atoms with E-state index in [9.17, 15) is 0 Å². The van der Waals surface area contributed by atoms with Gasteiger partial charge in [-0.25, -0.2) is 0 Å². The number of aryl methyl sites for hydroxylation is 1. The standard InChI is InChI=1S/C18H23NO/c1-13(2)18-9-8-17(10-14(18)3)20-12-16-7-5-4-6-15(16)11-19/h4-10,13H,11-12,19H2,1-3H3. The first-order valence-corrected chi connectivity index (χ1v) is 7.12. The highest BCUT2D eigenvalue weighted by molar-refractivity contribution is 5.37. The minimum absolute atomic E-state index is 0.544. The molecule has 0 radical (unpaired) electrons. The first-order chi connectivity index (χ1) is 9.61. The molecule has 2 N–H and O–H groups in total. The quantitative estimate of drug-likeness (QED) is 0.884. The van der Waals surface area contributed by atoms with Crippen molar-refractivity contribution in [3.8, 4) is 5.75 Å². The highest BCUT2D eigenvalue weighted by atomic mass is 16.5. The van der Waals surface area contributed by atoms with Crippen LogP contribution in [-0.4, -0.2) is 0 Å². The minimum atomic E-state index is 0.544. The molecule has 2 heteroatoms. The van der Waals surface area contributed by atoms with E-state index in [0.717, 1.165) is 16.9 Å². The van der Waals surface area contributed by atoms with Gasteiger partial charge in [-0.05, 0) is 47.2 Å². The maximum atomic E-state index is 5.89. The van der Waals surface area contributed by atoms with Gasteiger partial charge >= 0.3 is 0 Å². The molecule has 0 atom stereocenters. The first-order valence-electron chi connectivity index (χ1n) is 7.12. The molecular weight excluding hydrogens is 246 g/mol. The Bertz CT molecular complexity index is 575. The van der Waals surface area contributed by atoms with Crippen LogP contribution >= 0.6 is 0 Å². The number of hydrogen-bond donors (Lipinski definition) is 1. The highest BCUT2D eigenvalue weighted by Gasteiger charge is 2.06. The predicted octanol–water partition coefficient (Wildman–Crippen LogP) is 4.16. The lowest BCUT2D eigenvalue weighted by molar-refractivity contribution is 0.304. The molecular formula is C18H23NO. The summed E-state index contributed by atoms with van der Waals surface area (Å²) in [5.74, 6) is 1.46. The van der Waals surface area contributed by atoms with Crippen LogP contribution in [0.15, 0.2) is 42.5 Å². The van der Waals surface area contributed by atoms with E-state index in [0.29, 0.717) is 19.1 Å². The lowest BCUT2D eigenvalue weighted by Crippen LogP contribution is -2.04. The van der Waals surface area contributed by atoms with E-state index in [2.05, 4.69) is 39.0 Å². The second-order valence-corrected chi connectivity index (χ2v) is 5.43. The fourth-order valence-corrected chi connectivity index (χ4v) is 2.44. The fourth-order valence-electron chi connectivity index (χ4n) is 2.44. The molecule has 20 heavy (non-hydrogen) atoms. The molecule has 0 saturated carbocycles. The Kier molecular flexibility index (Phi) is 4.80. The summed E-state index contributed by atoms with van der Waals surface area (Å²) in [6, 6.07) is 14.5. The Balaban J connectivity index is 2.09. The molecule has 0 unspecified atom stereocenters. The molecule has 0 heterocycles. The summed E-state index contributed by atoms with van der Waals surface area (Å²) >= 11 is 0. The Morgan fingerprint density at radius 2 is 1.75 bits per heavy atom. The molecule has 2 aromatic rings. The zero-order valence-corrected chi connectivity index (χ0v) is 12.5. The molecule has 0 bridgehead atoms. The van der Waals surface area contributed by atoms with Gasteiger partial charge in [0, 0.05) is 6.54 Å². The average Bonchev–Trinajstić information content (AvgIpc) is 2.45. The highest BCUT2D eigenvalue weighted by Crippen LogP contribution is 2.24. The van der Waals surface area contributed by atoms with E-state index >= 15 is 0 Å². The maximum absolute atomic E-state index is 5.89. The summed E-state index contributed by atoms with van der Waals surface area (Å²) in [6.45, 7) is 7.66. The lowest BCUT2D eigenvalue weighted by Gasteiger charge is -2.13. The third-order valence-electron chi connectivity index (χ3n) is 3.60. The molecule has 0 fully saturated rings. The van der Waals surface area contributed by atoms with Crippen LogP contribution in [0.5, 0.6) is 5.75 Å². The molecule has 0 aromatic heterocycles. The number of benzene rings is 2. The molecule has 2 aromatic carbocycles. The van der Waals surface area contributed by atoms with Gasteiger partial charge < -0.3 is 10.5 Å². The molecule has 2 nitrogen and oxygen atoms in total. The monoisotopic (exact) mass is 269 g/mol. The molecule has 2 rings (SSSR count). The summed E-state index contributed by atoms with van der Waals surface area (Å²) in [5, 5.41) is 0. The zero-order valence-electron chi connectivity index (χ0n) is 12.5. The Morgan fingerprint density at radius 1 is 1.05 bits per heavy atom. The molecule has 106 valence electrons. The molecule has 0 aliphatic heterocycles. The summed E-state index contributed by atoms with van der Waals surface area (Å²) in [5.41, 5.74) is 10.7. The van der Waals surface area contributed by atoms with Crippen molar-refractivity contribution in [1.29, 1.82) is 0 Å². The average molecular weight is 269 g/mol. The topological polar surface area (TPSA) is 35.2 Å². The lowest BCUT2D eigenvalue weighted by atomic mass is 9.98. The van der Waals surface area contributed by atoms with Crippen LogP contribution in [0.1, 0.15) is 42.0 Å². The van der Waals surface area contributed by atoms with Gasteiger partial charge in [0.15, 0.2) is 0 Å². The van der Waals surface area contributed by atoms with Gasteiger partial charge in [-0.3, -0.25) is 0 Å². The van der Waals surface area contributed by atoms with Crippen LogP contribution < -0.4 is 10.5 Å². The van der Waals surface area contributed by atoms with Crippen molar-refractivity contribution in [3.63, 3.8) is 0 Å². The van der Waals surface area contributed by atoms with Gasteiger partial charge in [0.2, 0.25) is 0 Å². The van der Waals surface area contributed by atoms with Crippen molar-refractivity contribution in [2.45, 2.75) is 39.8 Å². The minimum Gasteiger partial charge on any atom is -0.489 e. The Labute approximate surface area is 121 Å². The summed E-state index contributed by atoms with van der Waals surface area (Å²) in [7, 11) is 0. The van der Waals surface area contributed by atoms with Gasteiger partial charge in [0.1, 0.15) is 12.4 Å². The van der Waals surface area contributed by atoms with Crippen LogP contribution in [-0.2, 0) is 13.2 Å². The van der Waals surface area contributed by atoms with Gasteiger partial charge in [-0.15, -0.1) is 0 Å². The van der Waals surface area contributed by atoms with E-state index < -0.39 is 0 Å². The van der Waals surface area contributed by atoms with E-state index in [-0.39, 0.29) is 0 Å². The van der Waals surface area contributed by atoms with Crippen molar-refractivity contribution < 1.29 is 4.74 Å². The van der Waals surface area contributed by atoms with Crippen LogP contribution in [0.25, 0.3) is 0 Å². The molecule has 0 aliphatic rings. The van der Waals surface area contributed by atoms with E-state index in [1.54, 1.807) is 0 Å². The third-order valence-corrected chi connectivity index (χ3v) is 3.60. The van der Waals surface area contributed by atoms with Crippen LogP contribution in [0, 0.1) is 6.92 Å². The SMILES string of the molecule is Cc1cc(OCc2ccccc2CN)ccc1C(C)C. The van der Waals surface area contributed by atoms with Crippen molar-refractivity contribution in [3.05, 3.63) is 64.7 Å². The smallest absolute Gasteiger partial charge is 0.120 e. The summed E-state index contributed by atoms with van der Waals surface area (Å²) < 4.78 is 5.89. The number of nitrogens with two attached hydrogens (primary N) is 1. The largest absolute Gasteiger partial charge is 0.489 e. The second kappa shape index (κ2) is 6.58. The number of ether oxygens (including phenoxy) is 1. The van der Waals surface area contributed by atoms with E-state index in [1.165, 1.54) is 11.1 Å². The second-order valence-electron chi connectivity index (χ2n) is 5.43. The molecule has 0 aliphatic carbocycles. The normalized spacial score (nSPS) is 10.8.